The molecule has 8 nitrogen and oxygen atoms in total. The van der Waals surface area contributed by atoms with Crippen LogP contribution >= 0.6 is 0 Å². The molecule has 0 spiro atoms. The third kappa shape index (κ3) is 4.48. The molecule has 0 aliphatic carbocycles. The topological polar surface area (TPSA) is 88.8 Å². The Labute approximate surface area is 174 Å². The summed E-state index contributed by atoms with van der Waals surface area (Å²) in [4.78, 5) is 27.7. The first kappa shape index (κ1) is 19.6. The Hall–Kier alpha value is -3.68. The zero-order valence-electron chi connectivity index (χ0n) is 16.7. The molecular formula is C22H22N4O4. The van der Waals surface area contributed by atoms with Gasteiger partial charge in [0.2, 0.25) is 0 Å². The lowest BCUT2D eigenvalue weighted by Gasteiger charge is -2.35. The van der Waals surface area contributed by atoms with Gasteiger partial charge in [0.25, 0.3) is 5.91 Å². The third-order valence-electron chi connectivity index (χ3n) is 5.00. The molecule has 0 N–H and O–H groups in total. The number of aromatic nitrogens is 2. The number of hydrogen-bond donors (Lipinski definition) is 0. The highest BCUT2D eigenvalue weighted by Gasteiger charge is 2.22. The van der Waals surface area contributed by atoms with Gasteiger partial charge >= 0.3 is 0 Å². The van der Waals surface area contributed by atoms with Crippen LogP contribution in [0.5, 0.6) is 5.75 Å². The van der Waals surface area contributed by atoms with Crippen molar-refractivity contribution in [3.63, 3.8) is 0 Å². The summed E-state index contributed by atoms with van der Waals surface area (Å²) in [6.45, 7) is 4.01. The summed E-state index contributed by atoms with van der Waals surface area (Å²) in [5, 5.41) is 8.51. The fraction of sp³-hybridized carbons (Fsp3) is 0.273. The molecule has 1 aliphatic heterocycles. The van der Waals surface area contributed by atoms with Crippen LogP contribution in [-0.4, -0.2) is 59.6 Å². The van der Waals surface area contributed by atoms with E-state index in [9.17, 15) is 9.59 Å². The SMILES string of the molecule is CC(=O)c1ccc(OCC(=O)N2CCN(c3ccc(-c4ccco4)nn3)CC2)cc1. The molecule has 0 atom stereocenters. The van der Waals surface area contributed by atoms with Gasteiger partial charge in [-0.05, 0) is 55.5 Å². The lowest BCUT2D eigenvalue weighted by atomic mass is 10.1. The summed E-state index contributed by atoms with van der Waals surface area (Å²) in [5.41, 5.74) is 1.30. The number of benzene rings is 1. The average Bonchev–Trinajstić information content (AvgIpc) is 3.33. The van der Waals surface area contributed by atoms with Crippen molar-refractivity contribution in [2.75, 3.05) is 37.7 Å². The Bertz CT molecular complexity index is 993. The van der Waals surface area contributed by atoms with E-state index in [0.29, 0.717) is 48.9 Å². The van der Waals surface area contributed by atoms with Crippen LogP contribution in [0.25, 0.3) is 11.5 Å². The van der Waals surface area contributed by atoms with Gasteiger partial charge in [-0.3, -0.25) is 9.59 Å². The molecule has 0 unspecified atom stereocenters. The van der Waals surface area contributed by atoms with E-state index < -0.39 is 0 Å². The van der Waals surface area contributed by atoms with E-state index in [1.807, 2.05) is 24.3 Å². The average molecular weight is 406 g/mol. The smallest absolute Gasteiger partial charge is 0.260 e. The number of amides is 1. The maximum atomic E-state index is 12.5. The van der Waals surface area contributed by atoms with Crippen LogP contribution in [-0.2, 0) is 4.79 Å². The summed E-state index contributed by atoms with van der Waals surface area (Å²) in [5.74, 6) is 1.96. The predicted molar refractivity (Wildman–Crippen MR) is 110 cm³/mol. The highest BCUT2D eigenvalue weighted by atomic mass is 16.5. The van der Waals surface area contributed by atoms with Crippen molar-refractivity contribution >= 4 is 17.5 Å². The number of furan rings is 1. The van der Waals surface area contributed by atoms with Crippen LogP contribution < -0.4 is 9.64 Å². The fourth-order valence-corrected chi connectivity index (χ4v) is 3.26. The molecule has 8 heteroatoms. The summed E-state index contributed by atoms with van der Waals surface area (Å²) in [6, 6.07) is 14.2. The lowest BCUT2D eigenvalue weighted by molar-refractivity contribution is -0.133. The van der Waals surface area contributed by atoms with E-state index in [-0.39, 0.29) is 18.3 Å². The molecule has 0 bridgehead atoms. The van der Waals surface area contributed by atoms with Crippen LogP contribution in [0.15, 0.2) is 59.2 Å². The van der Waals surface area contributed by atoms with E-state index in [2.05, 4.69) is 15.1 Å². The van der Waals surface area contributed by atoms with Gasteiger partial charge in [-0.15, -0.1) is 10.2 Å². The maximum Gasteiger partial charge on any atom is 0.260 e. The minimum Gasteiger partial charge on any atom is -0.484 e. The molecule has 30 heavy (non-hydrogen) atoms. The second-order valence-electron chi connectivity index (χ2n) is 6.99. The molecule has 4 rings (SSSR count). The van der Waals surface area contributed by atoms with Crippen molar-refractivity contribution in [2.24, 2.45) is 0 Å². The number of piperazine rings is 1. The third-order valence-corrected chi connectivity index (χ3v) is 5.00. The van der Waals surface area contributed by atoms with E-state index >= 15 is 0 Å². The fourth-order valence-electron chi connectivity index (χ4n) is 3.26. The van der Waals surface area contributed by atoms with Gasteiger partial charge in [0.1, 0.15) is 11.4 Å². The molecule has 3 heterocycles. The highest BCUT2D eigenvalue weighted by molar-refractivity contribution is 5.94. The molecule has 1 fully saturated rings. The van der Waals surface area contributed by atoms with Crippen LogP contribution in [0.4, 0.5) is 5.82 Å². The van der Waals surface area contributed by atoms with Crippen molar-refractivity contribution in [3.05, 3.63) is 60.4 Å². The van der Waals surface area contributed by atoms with Crippen molar-refractivity contribution in [2.45, 2.75) is 6.92 Å². The van der Waals surface area contributed by atoms with Crippen molar-refractivity contribution in [1.82, 2.24) is 15.1 Å². The molecule has 154 valence electrons. The number of ketones is 1. The first-order valence-corrected chi connectivity index (χ1v) is 9.74. The molecule has 1 amide bonds. The summed E-state index contributed by atoms with van der Waals surface area (Å²) in [7, 11) is 0. The van der Waals surface area contributed by atoms with Crippen molar-refractivity contribution in [3.8, 4) is 17.2 Å². The van der Waals surface area contributed by atoms with Crippen LogP contribution in [0.3, 0.4) is 0 Å². The van der Waals surface area contributed by atoms with Gasteiger partial charge in [-0.1, -0.05) is 0 Å². The monoisotopic (exact) mass is 406 g/mol. The Morgan fingerprint density at radius 3 is 2.37 bits per heavy atom. The molecule has 3 aromatic rings. The maximum absolute atomic E-state index is 12.5. The molecule has 2 aromatic heterocycles. The van der Waals surface area contributed by atoms with Crippen LogP contribution in [0.1, 0.15) is 17.3 Å². The van der Waals surface area contributed by atoms with Gasteiger partial charge < -0.3 is 19.0 Å². The number of rotatable bonds is 6. The van der Waals surface area contributed by atoms with Gasteiger partial charge in [0.05, 0.1) is 6.26 Å². The van der Waals surface area contributed by atoms with Crippen molar-refractivity contribution in [1.29, 1.82) is 0 Å². The Balaban J connectivity index is 1.26. The standard InChI is InChI=1S/C22H22N4O4/c1-16(27)17-4-6-18(7-5-17)30-15-22(28)26-12-10-25(11-13-26)21-9-8-19(23-24-21)20-3-2-14-29-20/h2-9,14H,10-13,15H2,1H3. The van der Waals surface area contributed by atoms with E-state index in [1.54, 1.807) is 35.4 Å². The normalized spacial score (nSPS) is 13.9. The quantitative estimate of drug-likeness (QED) is 0.582. The molecule has 0 radical (unpaired) electrons. The van der Waals surface area contributed by atoms with Crippen LogP contribution in [0, 0.1) is 0 Å². The van der Waals surface area contributed by atoms with Gasteiger partial charge in [0, 0.05) is 31.7 Å². The zero-order chi connectivity index (χ0) is 20.9. The Morgan fingerprint density at radius 1 is 1.00 bits per heavy atom. The molecule has 1 aliphatic rings. The predicted octanol–water partition coefficient (Wildman–Crippen LogP) is 2.67. The Kier molecular flexibility index (Phi) is 5.74. The van der Waals surface area contributed by atoms with E-state index in [4.69, 9.17) is 9.15 Å². The molecule has 1 saturated heterocycles. The van der Waals surface area contributed by atoms with E-state index in [1.165, 1.54) is 6.92 Å². The molecule has 0 saturated carbocycles. The number of carbonyl (C=O) groups is 2. The van der Waals surface area contributed by atoms with Crippen molar-refractivity contribution < 1.29 is 18.7 Å². The summed E-state index contributed by atoms with van der Waals surface area (Å²) in [6.07, 6.45) is 1.60. The first-order chi connectivity index (χ1) is 14.6. The second kappa shape index (κ2) is 8.77. The molecular weight excluding hydrogens is 384 g/mol. The second-order valence-corrected chi connectivity index (χ2v) is 6.99. The highest BCUT2D eigenvalue weighted by Crippen LogP contribution is 2.20. The van der Waals surface area contributed by atoms with Crippen LogP contribution in [0.2, 0.25) is 0 Å². The number of Topliss-reactive ketones (excluding diaryl/α,β-unsaturated/α-hetero) is 1. The minimum absolute atomic E-state index is 0.00390. The largest absolute Gasteiger partial charge is 0.484 e. The number of nitrogens with zero attached hydrogens (tertiary/aromatic N) is 4. The number of ether oxygens (including phenoxy) is 1. The number of carbonyl (C=O) groups excluding carboxylic acids is 2. The Morgan fingerprint density at radius 2 is 1.77 bits per heavy atom. The van der Waals surface area contributed by atoms with Gasteiger partial charge in [-0.2, -0.15) is 0 Å². The first-order valence-electron chi connectivity index (χ1n) is 9.74. The van der Waals surface area contributed by atoms with E-state index in [0.717, 1.165) is 5.82 Å². The number of anilines is 1. The van der Waals surface area contributed by atoms with Gasteiger partial charge in [0.15, 0.2) is 24.0 Å². The summed E-state index contributed by atoms with van der Waals surface area (Å²) < 4.78 is 10.9. The lowest BCUT2D eigenvalue weighted by Crippen LogP contribution is -2.50. The zero-order valence-corrected chi connectivity index (χ0v) is 16.7. The summed E-state index contributed by atoms with van der Waals surface area (Å²) >= 11 is 0. The molecule has 1 aromatic carbocycles. The van der Waals surface area contributed by atoms with Gasteiger partial charge in [-0.25, -0.2) is 0 Å². The minimum atomic E-state index is -0.0652. The number of hydrogen-bond acceptors (Lipinski definition) is 7.